The number of para-hydroxylation sites is 1. The molecule has 3 atom stereocenters. The first-order chi connectivity index (χ1) is 20.9. The van der Waals surface area contributed by atoms with Gasteiger partial charge in [-0.05, 0) is 55.0 Å². The third-order valence-corrected chi connectivity index (χ3v) is 7.25. The molecule has 3 amide bonds. The second kappa shape index (κ2) is 12.1. The van der Waals surface area contributed by atoms with E-state index in [1.165, 1.54) is 21.7 Å². The summed E-state index contributed by atoms with van der Waals surface area (Å²) in [6.07, 6.45) is -4.72. The zero-order chi connectivity index (χ0) is 31.8. The summed E-state index contributed by atoms with van der Waals surface area (Å²) in [4.78, 5) is 41.2. The number of likely N-dealkylation sites (N-methyl/N-ethyl adjacent to an activating group) is 1. The first kappa shape index (κ1) is 30.7. The largest absolute Gasteiger partial charge is 0.416 e. The summed E-state index contributed by atoms with van der Waals surface area (Å²) in [7, 11) is 0. The van der Waals surface area contributed by atoms with Gasteiger partial charge >= 0.3 is 6.18 Å². The van der Waals surface area contributed by atoms with Crippen LogP contribution in [0, 0.1) is 5.82 Å². The van der Waals surface area contributed by atoms with E-state index in [0.29, 0.717) is 11.8 Å². The Morgan fingerprint density at radius 3 is 2.32 bits per heavy atom. The molecule has 0 radical (unpaired) electrons. The maximum atomic E-state index is 14.1. The average molecular weight is 632 g/mol. The molecular formula is C30H23ClF5N5O3. The second-order valence-corrected chi connectivity index (χ2v) is 10.1. The monoisotopic (exact) mass is 631 g/mol. The van der Waals surface area contributed by atoms with E-state index in [0.717, 1.165) is 30.3 Å². The van der Waals surface area contributed by atoms with E-state index >= 15 is 0 Å². The maximum Gasteiger partial charge on any atom is 0.416 e. The summed E-state index contributed by atoms with van der Waals surface area (Å²) < 4.78 is 69.3. The van der Waals surface area contributed by atoms with Gasteiger partial charge in [-0.15, -0.1) is 5.10 Å². The van der Waals surface area contributed by atoms with Crippen molar-refractivity contribution in [3.05, 3.63) is 107 Å². The highest BCUT2D eigenvalue weighted by atomic mass is 35.5. The molecule has 8 nitrogen and oxygen atoms in total. The molecule has 0 bridgehead atoms. The molecule has 1 aromatic heterocycles. The molecule has 2 N–H and O–H groups in total. The van der Waals surface area contributed by atoms with Crippen molar-refractivity contribution in [3.63, 3.8) is 0 Å². The van der Waals surface area contributed by atoms with Crippen molar-refractivity contribution < 1.29 is 36.3 Å². The maximum absolute atomic E-state index is 14.1. The molecule has 44 heavy (non-hydrogen) atoms. The van der Waals surface area contributed by atoms with Gasteiger partial charge in [-0.1, -0.05) is 48.0 Å². The van der Waals surface area contributed by atoms with E-state index in [4.69, 9.17) is 11.6 Å². The third kappa shape index (κ3) is 5.87. The number of carbonyl (C=O) groups is 3. The number of aromatic nitrogens is 2. The van der Waals surface area contributed by atoms with Crippen molar-refractivity contribution in [2.24, 2.45) is 0 Å². The Kier molecular flexibility index (Phi) is 8.42. The summed E-state index contributed by atoms with van der Waals surface area (Å²) in [5.74, 6) is -4.71. The molecule has 1 unspecified atom stereocenters. The van der Waals surface area contributed by atoms with Gasteiger partial charge in [0.15, 0.2) is 5.82 Å². The highest BCUT2D eigenvalue weighted by molar-refractivity contribution is 6.31. The molecule has 0 saturated heterocycles. The Morgan fingerprint density at radius 1 is 1.02 bits per heavy atom. The Labute approximate surface area is 252 Å². The lowest BCUT2D eigenvalue weighted by Gasteiger charge is -2.38. The number of hydrogen-bond donors (Lipinski definition) is 2. The quantitative estimate of drug-likeness (QED) is 0.199. The standard InChI is InChI=1S/C30H23ClF5N5O3/c1-2-40-28-22(25(38-27(43)24(31)33)39-41(28)20-9-4-3-5-10-20)21(16-11-13-19(32)14-12-16)23(29(40)44)37-26(42)17-7-6-8-18(15-17)30(34,35)36/h3-15,21,23-24H,2H2,1H3,(H,37,42)(H,38,39,43)/t21-,23-,24?/m0/s1. The van der Waals surface area contributed by atoms with Crippen molar-refractivity contribution in [1.82, 2.24) is 15.1 Å². The minimum absolute atomic E-state index is 0.0328. The predicted octanol–water partition coefficient (Wildman–Crippen LogP) is 5.80. The van der Waals surface area contributed by atoms with Crippen LogP contribution in [0.15, 0.2) is 78.9 Å². The predicted molar refractivity (Wildman–Crippen MR) is 152 cm³/mol. The lowest BCUT2D eigenvalue weighted by atomic mass is 9.81. The zero-order valence-corrected chi connectivity index (χ0v) is 23.5. The fourth-order valence-corrected chi connectivity index (χ4v) is 5.16. The van der Waals surface area contributed by atoms with Gasteiger partial charge in [0.1, 0.15) is 17.7 Å². The van der Waals surface area contributed by atoms with E-state index < -0.39 is 52.9 Å². The fraction of sp³-hybridized carbons (Fsp3) is 0.200. The summed E-state index contributed by atoms with van der Waals surface area (Å²) in [5, 5.41) is 9.35. The van der Waals surface area contributed by atoms with Crippen LogP contribution < -0.4 is 15.5 Å². The van der Waals surface area contributed by atoms with Crippen molar-refractivity contribution in [2.45, 2.75) is 30.7 Å². The average Bonchev–Trinajstić information content (AvgIpc) is 3.36. The minimum Gasteiger partial charge on any atom is -0.339 e. The lowest BCUT2D eigenvalue weighted by molar-refractivity contribution is -0.137. The first-order valence-corrected chi connectivity index (χ1v) is 13.7. The Bertz CT molecular complexity index is 1710. The van der Waals surface area contributed by atoms with E-state index in [1.54, 1.807) is 37.3 Å². The molecule has 0 aliphatic carbocycles. The number of carbonyl (C=O) groups excluding carboxylic acids is 3. The molecule has 0 saturated carbocycles. The molecule has 3 aromatic carbocycles. The van der Waals surface area contributed by atoms with Gasteiger partial charge in [0.05, 0.1) is 11.3 Å². The number of benzene rings is 3. The Morgan fingerprint density at radius 2 is 1.70 bits per heavy atom. The molecule has 0 fully saturated rings. The molecule has 1 aliphatic heterocycles. The third-order valence-electron chi connectivity index (χ3n) is 7.05. The SMILES string of the molecule is CCN1C(=O)[C@@H](NC(=O)c2cccc(C(F)(F)F)c2)[C@@H](c2ccc(F)cc2)c2c(NC(=O)C(F)Cl)nn(-c3ccccc3)c21. The van der Waals surface area contributed by atoms with Crippen LogP contribution in [-0.2, 0) is 15.8 Å². The highest BCUT2D eigenvalue weighted by Gasteiger charge is 2.47. The Hall–Kier alpha value is -4.78. The number of halogens is 6. The van der Waals surface area contributed by atoms with E-state index in [9.17, 15) is 36.3 Å². The highest BCUT2D eigenvalue weighted by Crippen LogP contribution is 2.45. The van der Waals surface area contributed by atoms with Crippen LogP contribution in [0.2, 0.25) is 0 Å². The van der Waals surface area contributed by atoms with Crippen LogP contribution in [-0.4, -0.2) is 45.7 Å². The van der Waals surface area contributed by atoms with Gasteiger partial charge in [-0.3, -0.25) is 19.3 Å². The van der Waals surface area contributed by atoms with Crippen LogP contribution >= 0.6 is 11.6 Å². The van der Waals surface area contributed by atoms with Gasteiger partial charge in [0.2, 0.25) is 0 Å². The zero-order valence-electron chi connectivity index (χ0n) is 22.8. The number of anilines is 2. The van der Waals surface area contributed by atoms with E-state index in [1.807, 2.05) is 0 Å². The fourth-order valence-electron chi connectivity index (χ4n) is 5.10. The minimum atomic E-state index is -4.72. The molecule has 14 heteroatoms. The topological polar surface area (TPSA) is 96.3 Å². The number of alkyl halides is 5. The van der Waals surface area contributed by atoms with Gasteiger partial charge in [-0.25, -0.2) is 13.5 Å². The molecule has 4 aromatic rings. The number of fused-ring (bicyclic) bond motifs is 1. The normalized spacial score (nSPS) is 17.2. The Balaban J connectivity index is 1.72. The first-order valence-electron chi connectivity index (χ1n) is 13.2. The van der Waals surface area contributed by atoms with Crippen LogP contribution in [0.3, 0.4) is 0 Å². The lowest BCUT2D eigenvalue weighted by Crippen LogP contribution is -2.55. The van der Waals surface area contributed by atoms with Gasteiger partial charge in [0.25, 0.3) is 23.4 Å². The van der Waals surface area contributed by atoms with Crippen molar-refractivity contribution in [1.29, 1.82) is 0 Å². The summed E-state index contributed by atoms with van der Waals surface area (Å²) in [6, 6.07) is 15.6. The molecular weight excluding hydrogens is 609 g/mol. The summed E-state index contributed by atoms with van der Waals surface area (Å²) in [6.45, 7) is 1.67. The molecule has 228 valence electrons. The van der Waals surface area contributed by atoms with Crippen LogP contribution in [0.5, 0.6) is 0 Å². The molecule has 1 aliphatic rings. The number of nitrogens with one attached hydrogen (secondary N) is 2. The van der Waals surface area contributed by atoms with Crippen molar-refractivity contribution >= 4 is 41.0 Å². The van der Waals surface area contributed by atoms with Gasteiger partial charge in [-0.2, -0.15) is 13.2 Å². The molecule has 2 heterocycles. The van der Waals surface area contributed by atoms with Gasteiger partial charge in [0, 0.05) is 23.6 Å². The van der Waals surface area contributed by atoms with Crippen LogP contribution in [0.1, 0.15) is 39.9 Å². The molecule has 0 spiro atoms. The number of rotatable bonds is 7. The number of hydrogen-bond acceptors (Lipinski definition) is 4. The smallest absolute Gasteiger partial charge is 0.339 e. The van der Waals surface area contributed by atoms with Gasteiger partial charge < -0.3 is 10.6 Å². The van der Waals surface area contributed by atoms with E-state index in [-0.39, 0.29) is 34.9 Å². The molecule has 5 rings (SSSR count). The van der Waals surface area contributed by atoms with E-state index in [2.05, 4.69) is 15.7 Å². The number of nitrogens with zero attached hydrogens (tertiary/aromatic N) is 3. The van der Waals surface area contributed by atoms with Crippen molar-refractivity contribution in [3.8, 4) is 5.69 Å². The second-order valence-electron chi connectivity index (χ2n) is 9.76. The van der Waals surface area contributed by atoms with Crippen LogP contribution in [0.4, 0.5) is 33.6 Å². The van der Waals surface area contributed by atoms with Crippen molar-refractivity contribution in [2.75, 3.05) is 16.8 Å². The summed E-state index contributed by atoms with van der Waals surface area (Å²) in [5.41, 5.74) is -2.99. The summed E-state index contributed by atoms with van der Waals surface area (Å²) >= 11 is 5.39. The van der Waals surface area contributed by atoms with Crippen LogP contribution in [0.25, 0.3) is 5.69 Å². The number of amides is 3.